The number of likely N-dealkylation sites (N-methyl/N-ethyl adjacent to an activating group) is 1. The van der Waals surface area contributed by atoms with Crippen LogP contribution in [0.3, 0.4) is 0 Å². The zero-order valence-corrected chi connectivity index (χ0v) is 17.3. The molecule has 2 aromatic carbocycles. The van der Waals surface area contributed by atoms with Crippen LogP contribution in [-0.4, -0.2) is 43.5 Å². The molecule has 0 aliphatic rings. The van der Waals surface area contributed by atoms with Crippen LogP contribution >= 0.6 is 15.9 Å². The van der Waals surface area contributed by atoms with E-state index in [2.05, 4.69) is 26.6 Å². The van der Waals surface area contributed by atoms with E-state index in [1.165, 1.54) is 0 Å². The van der Waals surface area contributed by atoms with Crippen LogP contribution in [0.1, 0.15) is 12.5 Å². The molecule has 0 atom stereocenters. The molecule has 0 bridgehead atoms. The van der Waals surface area contributed by atoms with Gasteiger partial charge in [-0.3, -0.25) is 14.5 Å². The molecule has 0 aromatic heterocycles. The Kier molecular flexibility index (Phi) is 7.82. The highest BCUT2D eigenvalue weighted by molar-refractivity contribution is 9.10. The molecule has 0 spiro atoms. The summed E-state index contributed by atoms with van der Waals surface area (Å²) < 4.78 is 6.19. The van der Waals surface area contributed by atoms with E-state index < -0.39 is 0 Å². The Morgan fingerprint density at radius 3 is 2.26 bits per heavy atom. The van der Waals surface area contributed by atoms with Gasteiger partial charge in [-0.1, -0.05) is 35.0 Å². The minimum atomic E-state index is -0.200. The lowest BCUT2D eigenvalue weighted by molar-refractivity contribution is -0.119. The number of para-hydroxylation sites is 2. The minimum absolute atomic E-state index is 0.112. The van der Waals surface area contributed by atoms with Gasteiger partial charge in [0.2, 0.25) is 11.8 Å². The summed E-state index contributed by atoms with van der Waals surface area (Å²) in [6.45, 7) is 4.66. The van der Waals surface area contributed by atoms with Crippen LogP contribution in [0.15, 0.2) is 46.9 Å². The Balaban J connectivity index is 1.92. The fourth-order valence-corrected chi connectivity index (χ4v) is 3.06. The van der Waals surface area contributed by atoms with Crippen LogP contribution < -0.4 is 15.4 Å². The van der Waals surface area contributed by atoms with Crippen LogP contribution in [0.4, 0.5) is 11.4 Å². The molecule has 144 valence electrons. The summed E-state index contributed by atoms with van der Waals surface area (Å²) in [6, 6.07) is 12.9. The van der Waals surface area contributed by atoms with Crippen LogP contribution in [-0.2, 0) is 9.59 Å². The monoisotopic (exact) mass is 433 g/mol. The first-order chi connectivity index (χ1) is 12.9. The normalized spacial score (nSPS) is 10.6. The predicted molar refractivity (Wildman–Crippen MR) is 111 cm³/mol. The smallest absolute Gasteiger partial charge is 0.238 e. The van der Waals surface area contributed by atoms with Crippen molar-refractivity contribution in [3.05, 3.63) is 52.5 Å². The Labute approximate surface area is 168 Å². The molecule has 27 heavy (non-hydrogen) atoms. The third kappa shape index (κ3) is 6.37. The molecule has 2 N–H and O–H groups in total. The van der Waals surface area contributed by atoms with Crippen molar-refractivity contribution >= 4 is 39.1 Å². The van der Waals surface area contributed by atoms with Crippen LogP contribution in [0.5, 0.6) is 5.75 Å². The van der Waals surface area contributed by atoms with E-state index in [0.717, 1.165) is 15.7 Å². The van der Waals surface area contributed by atoms with Crippen molar-refractivity contribution in [1.82, 2.24) is 4.90 Å². The standard InChI is InChI=1S/C20H24BrN3O3/c1-4-24(12-19(25)22-16-10-9-15(21)11-14(16)2)13-20(26)23-17-7-5-6-8-18(17)27-3/h5-11H,4,12-13H2,1-3H3,(H,22,25)(H,23,26). The van der Waals surface area contributed by atoms with Crippen molar-refractivity contribution in [2.75, 3.05) is 37.4 Å². The SMILES string of the molecule is CCN(CC(=O)Nc1ccc(Br)cc1C)CC(=O)Nc1ccccc1OC. The molecule has 6 nitrogen and oxygen atoms in total. The molecule has 2 amide bonds. The lowest BCUT2D eigenvalue weighted by atomic mass is 10.2. The number of nitrogens with one attached hydrogen (secondary N) is 2. The molecule has 0 aliphatic carbocycles. The number of methoxy groups -OCH3 is 1. The topological polar surface area (TPSA) is 70.7 Å². The van der Waals surface area contributed by atoms with Gasteiger partial charge in [0.15, 0.2) is 0 Å². The third-order valence-electron chi connectivity index (χ3n) is 4.03. The molecule has 0 radical (unpaired) electrons. The minimum Gasteiger partial charge on any atom is -0.495 e. The third-order valence-corrected chi connectivity index (χ3v) is 4.52. The van der Waals surface area contributed by atoms with Crippen molar-refractivity contribution in [1.29, 1.82) is 0 Å². The maximum Gasteiger partial charge on any atom is 0.238 e. The number of benzene rings is 2. The van der Waals surface area contributed by atoms with Gasteiger partial charge in [-0.2, -0.15) is 0 Å². The molecule has 2 aromatic rings. The molecular weight excluding hydrogens is 410 g/mol. The molecule has 2 rings (SSSR count). The van der Waals surface area contributed by atoms with Gasteiger partial charge in [0.1, 0.15) is 5.75 Å². The summed E-state index contributed by atoms with van der Waals surface area (Å²) in [6.07, 6.45) is 0. The fourth-order valence-electron chi connectivity index (χ4n) is 2.58. The summed E-state index contributed by atoms with van der Waals surface area (Å²) >= 11 is 3.40. The van der Waals surface area contributed by atoms with Gasteiger partial charge in [-0.15, -0.1) is 0 Å². The summed E-state index contributed by atoms with van der Waals surface area (Å²) in [5, 5.41) is 5.71. The number of halogens is 1. The van der Waals surface area contributed by atoms with Crippen molar-refractivity contribution in [3.63, 3.8) is 0 Å². The number of carbonyl (C=O) groups excluding carboxylic acids is 2. The van der Waals surface area contributed by atoms with Crippen LogP contribution in [0.2, 0.25) is 0 Å². The predicted octanol–water partition coefficient (Wildman–Crippen LogP) is 3.67. The van der Waals surface area contributed by atoms with Crippen LogP contribution in [0.25, 0.3) is 0 Å². The summed E-state index contributed by atoms with van der Waals surface area (Å²) in [5.74, 6) is 0.235. The van der Waals surface area contributed by atoms with E-state index in [1.807, 2.05) is 44.2 Å². The fraction of sp³-hybridized carbons (Fsp3) is 0.300. The molecule has 0 aliphatic heterocycles. The van der Waals surface area contributed by atoms with Crippen molar-refractivity contribution in [2.45, 2.75) is 13.8 Å². The second kappa shape index (κ2) is 10.1. The van der Waals surface area contributed by atoms with E-state index in [9.17, 15) is 9.59 Å². The van der Waals surface area contributed by atoms with Gasteiger partial charge in [-0.05, 0) is 49.4 Å². The first-order valence-electron chi connectivity index (χ1n) is 8.64. The highest BCUT2D eigenvalue weighted by atomic mass is 79.9. The lowest BCUT2D eigenvalue weighted by Crippen LogP contribution is -2.38. The number of nitrogens with zero attached hydrogens (tertiary/aromatic N) is 1. The van der Waals surface area contributed by atoms with Gasteiger partial charge in [0.05, 0.1) is 25.9 Å². The average molecular weight is 434 g/mol. The molecular formula is C20H24BrN3O3. The summed E-state index contributed by atoms with van der Waals surface area (Å²) in [5.41, 5.74) is 2.34. The number of carbonyl (C=O) groups is 2. The van der Waals surface area contributed by atoms with Crippen LogP contribution in [0, 0.1) is 6.92 Å². The number of anilines is 2. The summed E-state index contributed by atoms with van der Waals surface area (Å²) in [4.78, 5) is 26.5. The molecule has 0 heterocycles. The van der Waals surface area contributed by atoms with Gasteiger partial charge < -0.3 is 15.4 Å². The quantitative estimate of drug-likeness (QED) is 0.666. The zero-order chi connectivity index (χ0) is 19.8. The van der Waals surface area contributed by atoms with Crippen molar-refractivity contribution in [2.24, 2.45) is 0 Å². The highest BCUT2D eigenvalue weighted by Crippen LogP contribution is 2.23. The molecule has 0 fully saturated rings. The van der Waals surface area contributed by atoms with E-state index in [4.69, 9.17) is 4.74 Å². The van der Waals surface area contributed by atoms with Gasteiger partial charge in [0, 0.05) is 10.2 Å². The lowest BCUT2D eigenvalue weighted by Gasteiger charge is -2.20. The Morgan fingerprint density at radius 2 is 1.67 bits per heavy atom. The number of amides is 2. The van der Waals surface area contributed by atoms with E-state index >= 15 is 0 Å². The Bertz CT molecular complexity index is 811. The molecule has 0 saturated carbocycles. The zero-order valence-electron chi connectivity index (χ0n) is 15.7. The number of ether oxygens (including phenoxy) is 1. The van der Waals surface area contributed by atoms with E-state index in [-0.39, 0.29) is 24.9 Å². The maximum atomic E-state index is 12.3. The van der Waals surface area contributed by atoms with Gasteiger partial charge in [-0.25, -0.2) is 0 Å². The number of rotatable bonds is 8. The van der Waals surface area contributed by atoms with E-state index in [1.54, 1.807) is 24.1 Å². The van der Waals surface area contributed by atoms with E-state index in [0.29, 0.717) is 18.0 Å². The number of hydrogen-bond acceptors (Lipinski definition) is 4. The summed E-state index contributed by atoms with van der Waals surface area (Å²) in [7, 11) is 1.55. The first-order valence-corrected chi connectivity index (χ1v) is 9.43. The van der Waals surface area contributed by atoms with Gasteiger partial charge >= 0.3 is 0 Å². The second-order valence-electron chi connectivity index (χ2n) is 6.06. The number of aryl methyl sites for hydroxylation is 1. The molecule has 7 heteroatoms. The molecule has 0 saturated heterocycles. The van der Waals surface area contributed by atoms with Crippen molar-refractivity contribution in [3.8, 4) is 5.75 Å². The first kappa shape index (κ1) is 20.9. The second-order valence-corrected chi connectivity index (χ2v) is 6.97. The van der Waals surface area contributed by atoms with Crippen molar-refractivity contribution < 1.29 is 14.3 Å². The molecule has 0 unspecified atom stereocenters. The average Bonchev–Trinajstić information content (AvgIpc) is 2.64. The largest absolute Gasteiger partial charge is 0.495 e. The Hall–Kier alpha value is -2.38. The van der Waals surface area contributed by atoms with Gasteiger partial charge in [0.25, 0.3) is 0 Å². The maximum absolute atomic E-state index is 12.3. The Morgan fingerprint density at radius 1 is 1.04 bits per heavy atom. The highest BCUT2D eigenvalue weighted by Gasteiger charge is 2.15. The number of hydrogen-bond donors (Lipinski definition) is 2.